The molecule has 142 valence electrons. The van der Waals surface area contributed by atoms with E-state index in [0.717, 1.165) is 0 Å². The number of hydrogen-bond donors (Lipinski definition) is 1. The van der Waals surface area contributed by atoms with Crippen LogP contribution in [-0.2, 0) is 0 Å². The molecule has 2 rings (SSSR count). The predicted molar refractivity (Wildman–Crippen MR) is 76.5 cm³/mol. The van der Waals surface area contributed by atoms with Crippen molar-refractivity contribution in [2.45, 2.75) is 17.4 Å². The van der Waals surface area contributed by atoms with Gasteiger partial charge in [0.05, 0.1) is 11.1 Å². The molecule has 0 saturated heterocycles. The molecule has 26 heavy (non-hydrogen) atoms. The van der Waals surface area contributed by atoms with Crippen LogP contribution in [0.15, 0.2) is 0 Å². The summed E-state index contributed by atoms with van der Waals surface area (Å²) in [6.45, 7) is 0. The minimum atomic E-state index is -2.63. The summed E-state index contributed by atoms with van der Waals surface area (Å²) in [6, 6.07) is 0. The van der Waals surface area contributed by atoms with Crippen molar-refractivity contribution in [2.24, 2.45) is 0 Å². The predicted octanol–water partition coefficient (Wildman–Crippen LogP) is 5.68. The van der Waals surface area contributed by atoms with Crippen molar-refractivity contribution in [1.82, 2.24) is 0 Å². The maximum absolute atomic E-state index is 13.5. The van der Waals surface area contributed by atoms with E-state index < -0.39 is 69.2 Å². The van der Waals surface area contributed by atoms with Crippen LogP contribution in [0.1, 0.15) is 0 Å². The Morgan fingerprint density at radius 1 is 0.462 bits per heavy atom. The minimum absolute atomic E-state index is 0.139. The largest absolute Gasteiger partial charge is 0.504 e. The van der Waals surface area contributed by atoms with Gasteiger partial charge in [-0.2, -0.15) is 4.39 Å². The zero-order chi connectivity index (χ0) is 20.5. The van der Waals surface area contributed by atoms with Crippen LogP contribution < -0.4 is 0 Å². The van der Waals surface area contributed by atoms with E-state index in [0.29, 0.717) is 0 Å². The molecular formula is C15H10AlF9O. The van der Waals surface area contributed by atoms with Gasteiger partial charge in [-0.3, -0.25) is 0 Å². The summed E-state index contributed by atoms with van der Waals surface area (Å²) in [5.41, 5.74) is -4.17. The second-order valence-corrected chi connectivity index (χ2v) is 9.12. The van der Waals surface area contributed by atoms with Crippen molar-refractivity contribution in [3.63, 3.8) is 0 Å². The van der Waals surface area contributed by atoms with E-state index in [-0.39, 0.29) is 14.1 Å². The first-order valence-corrected chi connectivity index (χ1v) is 10.4. The van der Waals surface area contributed by atoms with E-state index in [4.69, 9.17) is 5.11 Å². The summed E-state index contributed by atoms with van der Waals surface area (Å²) in [5.74, 6) is -18.4. The van der Waals surface area contributed by atoms with Crippen molar-refractivity contribution in [1.29, 1.82) is 0 Å². The van der Waals surface area contributed by atoms with Crippen LogP contribution in [0.3, 0.4) is 0 Å². The zero-order valence-electron chi connectivity index (χ0n) is 13.4. The molecule has 0 aliphatic carbocycles. The van der Waals surface area contributed by atoms with E-state index in [1.54, 1.807) is 0 Å². The fraction of sp³-hybridized carbons (Fsp3) is 0.200. The molecule has 0 spiro atoms. The molecule has 0 saturated carbocycles. The van der Waals surface area contributed by atoms with Gasteiger partial charge in [0.2, 0.25) is 17.5 Å². The Morgan fingerprint density at radius 3 is 1.04 bits per heavy atom. The lowest BCUT2D eigenvalue weighted by atomic mass is 10.0. The number of rotatable bonds is 1. The van der Waals surface area contributed by atoms with Crippen molar-refractivity contribution in [3.8, 4) is 16.9 Å². The summed E-state index contributed by atoms with van der Waals surface area (Å²) >= 11 is -0.139. The summed E-state index contributed by atoms with van der Waals surface area (Å²) in [4.78, 5) is 0. The number of phenols is 1. The lowest BCUT2D eigenvalue weighted by Crippen LogP contribution is -2.07. The van der Waals surface area contributed by atoms with E-state index in [1.807, 2.05) is 0 Å². The summed E-state index contributed by atoms with van der Waals surface area (Å²) in [5, 5.41) is 9.14. The van der Waals surface area contributed by atoms with Crippen LogP contribution in [-0.4, -0.2) is 19.3 Å². The lowest BCUT2D eigenvalue weighted by Gasteiger charge is -2.12. The maximum Gasteiger partial charge on any atom is 0.251 e. The van der Waals surface area contributed by atoms with Crippen molar-refractivity contribution in [3.05, 3.63) is 52.4 Å². The molecule has 0 aromatic heterocycles. The second kappa shape index (κ2) is 8.22. The van der Waals surface area contributed by atoms with Gasteiger partial charge in [0.15, 0.2) is 40.7 Å². The molecule has 2 aromatic rings. The maximum atomic E-state index is 13.5. The van der Waals surface area contributed by atoms with Gasteiger partial charge in [-0.25, -0.2) is 35.1 Å². The zero-order valence-corrected chi connectivity index (χ0v) is 14.6. The number of hydrogen-bond acceptors (Lipinski definition) is 1. The van der Waals surface area contributed by atoms with Gasteiger partial charge in [0.25, 0.3) is 14.1 Å². The third-order valence-electron chi connectivity index (χ3n) is 2.70. The Labute approximate surface area is 146 Å². The molecule has 0 aliphatic heterocycles. The first-order chi connectivity index (χ1) is 11.8. The Hall–Kier alpha value is -1.86. The minimum Gasteiger partial charge on any atom is -0.504 e. The van der Waals surface area contributed by atoms with Gasteiger partial charge in [0.1, 0.15) is 0 Å². The third kappa shape index (κ3) is 3.94. The molecule has 2 aromatic carbocycles. The normalized spacial score (nSPS) is 10.5. The molecule has 11 heteroatoms. The van der Waals surface area contributed by atoms with Gasteiger partial charge in [0, 0.05) is 0 Å². The Balaban J connectivity index is 0.000000765. The van der Waals surface area contributed by atoms with Gasteiger partial charge in [-0.1, -0.05) is 0 Å². The summed E-state index contributed by atoms with van der Waals surface area (Å²) < 4.78 is 118. The number of benzene rings is 2. The van der Waals surface area contributed by atoms with Crippen molar-refractivity contribution < 1.29 is 44.6 Å². The number of phenolic OH excluding ortho intramolecular Hbond substituents is 1. The Morgan fingerprint density at radius 2 is 0.692 bits per heavy atom. The quantitative estimate of drug-likeness (QED) is 0.281. The standard InChI is InChI=1S/C12HF9O.3CH3.Al/c13-3-1(4(14)7(17)9(19)6(3)16)2-5(15)8(18)10(20)11(21)12(2)22;;;;/h22H;3*1H3;. The highest BCUT2D eigenvalue weighted by Crippen LogP contribution is 2.41. The van der Waals surface area contributed by atoms with Gasteiger partial charge in [-0.15, -0.1) is 17.4 Å². The van der Waals surface area contributed by atoms with Crippen LogP contribution in [0.4, 0.5) is 39.5 Å². The van der Waals surface area contributed by atoms with Crippen LogP contribution in [0.2, 0.25) is 17.4 Å². The monoisotopic (exact) mass is 404 g/mol. The molecule has 0 radical (unpaired) electrons. The van der Waals surface area contributed by atoms with E-state index in [2.05, 4.69) is 17.4 Å². The Kier molecular flexibility index (Phi) is 7.02. The summed E-state index contributed by atoms with van der Waals surface area (Å²) in [6.07, 6.45) is 0. The van der Waals surface area contributed by atoms with Crippen LogP contribution in [0.5, 0.6) is 5.75 Å². The van der Waals surface area contributed by atoms with Gasteiger partial charge in [-0.05, 0) is 0 Å². The first-order valence-electron chi connectivity index (χ1n) is 6.91. The topological polar surface area (TPSA) is 20.2 Å². The van der Waals surface area contributed by atoms with Crippen LogP contribution in [0.25, 0.3) is 11.1 Å². The second-order valence-electron chi connectivity index (χ2n) is 5.66. The highest BCUT2D eigenvalue weighted by molar-refractivity contribution is 6.54. The Bertz CT molecular complexity index is 724. The highest BCUT2D eigenvalue weighted by Gasteiger charge is 2.34. The number of aromatic hydroxyl groups is 1. The molecule has 0 atom stereocenters. The molecular weight excluding hydrogens is 394 g/mol. The van der Waals surface area contributed by atoms with Gasteiger partial charge >= 0.3 is 0 Å². The molecule has 0 aliphatic rings. The summed E-state index contributed by atoms with van der Waals surface area (Å²) in [7, 11) is 0. The average Bonchev–Trinajstić information content (AvgIpc) is 2.57. The van der Waals surface area contributed by atoms with E-state index in [9.17, 15) is 39.5 Å². The smallest absolute Gasteiger partial charge is 0.251 e. The molecule has 0 heterocycles. The van der Waals surface area contributed by atoms with Crippen molar-refractivity contribution in [2.75, 3.05) is 0 Å². The fourth-order valence-corrected chi connectivity index (χ4v) is 1.67. The lowest BCUT2D eigenvalue weighted by molar-refractivity contribution is 0.362. The molecule has 0 fully saturated rings. The van der Waals surface area contributed by atoms with Crippen LogP contribution >= 0.6 is 0 Å². The fourth-order valence-electron chi connectivity index (χ4n) is 1.67. The van der Waals surface area contributed by atoms with Gasteiger partial charge < -0.3 is 5.11 Å². The molecule has 1 nitrogen and oxygen atoms in total. The van der Waals surface area contributed by atoms with Crippen molar-refractivity contribution >= 4 is 14.1 Å². The van der Waals surface area contributed by atoms with E-state index >= 15 is 0 Å². The molecule has 1 N–H and O–H groups in total. The van der Waals surface area contributed by atoms with Crippen LogP contribution in [0, 0.1) is 52.4 Å². The van der Waals surface area contributed by atoms with E-state index in [1.165, 1.54) is 0 Å². The molecule has 0 unspecified atom stereocenters. The molecule has 0 amide bonds. The number of halogens is 9. The third-order valence-corrected chi connectivity index (χ3v) is 2.70. The molecule has 0 bridgehead atoms. The first kappa shape index (κ1) is 22.2. The highest BCUT2D eigenvalue weighted by atomic mass is 27.2. The average molecular weight is 404 g/mol. The SMILES string of the molecule is Oc1c(F)c(F)c(F)c(F)c1-c1c(F)c(F)c(F)c(F)c1F.[CH3][Al]([CH3])[CH3].